The maximum atomic E-state index is 12.3. The van der Waals surface area contributed by atoms with Crippen molar-refractivity contribution in [2.24, 2.45) is 0 Å². The van der Waals surface area contributed by atoms with Gasteiger partial charge in [0.05, 0.1) is 31.1 Å². The Balaban J connectivity index is 1.98. The van der Waals surface area contributed by atoms with Gasteiger partial charge in [-0.3, -0.25) is 4.79 Å². The highest BCUT2D eigenvalue weighted by atomic mass is 16.5. The summed E-state index contributed by atoms with van der Waals surface area (Å²) in [5.41, 5.74) is 0.791. The van der Waals surface area contributed by atoms with Crippen molar-refractivity contribution in [3.63, 3.8) is 0 Å². The van der Waals surface area contributed by atoms with Crippen molar-refractivity contribution in [2.75, 3.05) is 31.7 Å². The van der Waals surface area contributed by atoms with Crippen LogP contribution in [0.2, 0.25) is 0 Å². The fraction of sp³-hybridized carbons (Fsp3) is 0.333. The highest BCUT2D eigenvalue weighted by Crippen LogP contribution is 2.29. The largest absolute Gasteiger partial charge is 0.492 e. The first-order valence-electron chi connectivity index (χ1n) is 9.17. The van der Waals surface area contributed by atoms with Crippen LogP contribution in [0.5, 0.6) is 17.2 Å². The van der Waals surface area contributed by atoms with E-state index in [9.17, 15) is 9.59 Å². The summed E-state index contributed by atoms with van der Waals surface area (Å²) in [7, 11) is 0. The van der Waals surface area contributed by atoms with E-state index < -0.39 is 18.5 Å². The summed E-state index contributed by atoms with van der Waals surface area (Å²) in [5.74, 6) is 0.464. The minimum atomic E-state index is -0.628. The first-order valence-corrected chi connectivity index (χ1v) is 9.17. The molecule has 2 aromatic carbocycles. The minimum Gasteiger partial charge on any atom is -0.492 e. The van der Waals surface area contributed by atoms with E-state index in [1.807, 2.05) is 26.8 Å². The van der Waals surface area contributed by atoms with Crippen molar-refractivity contribution in [2.45, 2.75) is 20.8 Å². The first kappa shape index (κ1) is 21.1. The molecule has 0 aromatic heterocycles. The van der Waals surface area contributed by atoms with Crippen molar-refractivity contribution < 1.29 is 28.5 Å². The van der Waals surface area contributed by atoms with E-state index in [1.54, 1.807) is 36.4 Å². The van der Waals surface area contributed by atoms with E-state index in [1.165, 1.54) is 0 Å². The number of nitrogens with one attached hydrogen (secondary N) is 1. The Bertz CT molecular complexity index is 805. The molecule has 0 spiro atoms. The number of rotatable bonds is 10. The number of esters is 1. The highest BCUT2D eigenvalue weighted by molar-refractivity contribution is 5.96. The molecular weight excluding hydrogens is 362 g/mol. The van der Waals surface area contributed by atoms with Crippen LogP contribution < -0.4 is 19.5 Å². The molecule has 2 aromatic rings. The number of benzene rings is 2. The van der Waals surface area contributed by atoms with Crippen molar-refractivity contribution in [3.8, 4) is 17.2 Å². The molecule has 7 nitrogen and oxygen atoms in total. The van der Waals surface area contributed by atoms with Crippen LogP contribution >= 0.6 is 0 Å². The predicted molar refractivity (Wildman–Crippen MR) is 105 cm³/mol. The maximum Gasteiger partial charge on any atom is 0.338 e. The Labute approximate surface area is 164 Å². The van der Waals surface area contributed by atoms with Crippen LogP contribution in [-0.4, -0.2) is 38.3 Å². The van der Waals surface area contributed by atoms with Gasteiger partial charge in [-0.25, -0.2) is 4.79 Å². The Hall–Kier alpha value is -3.22. The van der Waals surface area contributed by atoms with Crippen molar-refractivity contribution >= 4 is 17.6 Å². The standard InChI is InChI=1S/C21H25NO6/c1-4-25-17-10-8-7-9-16(17)22-20(23)14-28-21(24)15-11-12-18(26-5-2)19(13-15)27-6-3/h7-13H,4-6,14H2,1-3H3,(H,22,23). The van der Waals surface area contributed by atoms with Crippen LogP contribution in [0.3, 0.4) is 0 Å². The fourth-order valence-electron chi connectivity index (χ4n) is 2.43. The lowest BCUT2D eigenvalue weighted by Crippen LogP contribution is -2.21. The fourth-order valence-corrected chi connectivity index (χ4v) is 2.43. The molecular formula is C21H25NO6. The van der Waals surface area contributed by atoms with Crippen molar-refractivity contribution in [1.82, 2.24) is 0 Å². The number of carbonyl (C=O) groups is 2. The molecule has 7 heteroatoms. The van der Waals surface area contributed by atoms with E-state index in [2.05, 4.69) is 5.32 Å². The van der Waals surface area contributed by atoms with Crippen LogP contribution in [0.25, 0.3) is 0 Å². The molecule has 0 unspecified atom stereocenters. The molecule has 0 fully saturated rings. The van der Waals surface area contributed by atoms with Crippen molar-refractivity contribution in [3.05, 3.63) is 48.0 Å². The summed E-state index contributed by atoms with van der Waals surface area (Å²) in [6.45, 7) is 6.52. The van der Waals surface area contributed by atoms with Gasteiger partial charge in [0.1, 0.15) is 5.75 Å². The number of carbonyl (C=O) groups excluding carboxylic acids is 2. The number of ether oxygens (including phenoxy) is 4. The third-order valence-electron chi connectivity index (χ3n) is 3.57. The van der Waals surface area contributed by atoms with Gasteiger partial charge in [0.15, 0.2) is 18.1 Å². The number of anilines is 1. The van der Waals surface area contributed by atoms with Gasteiger partial charge in [0.2, 0.25) is 0 Å². The third-order valence-corrected chi connectivity index (χ3v) is 3.57. The van der Waals surface area contributed by atoms with Gasteiger partial charge < -0.3 is 24.3 Å². The summed E-state index contributed by atoms with van der Waals surface area (Å²) in [6, 6.07) is 11.8. The zero-order valence-corrected chi connectivity index (χ0v) is 16.3. The molecule has 0 bridgehead atoms. The topological polar surface area (TPSA) is 83.1 Å². The van der Waals surface area contributed by atoms with Crippen molar-refractivity contribution in [1.29, 1.82) is 0 Å². The quantitative estimate of drug-likeness (QED) is 0.626. The zero-order valence-electron chi connectivity index (χ0n) is 16.3. The SMILES string of the molecule is CCOc1ccccc1NC(=O)COC(=O)c1ccc(OCC)c(OCC)c1. The molecule has 1 amide bonds. The molecule has 0 aliphatic heterocycles. The van der Waals surface area contributed by atoms with Gasteiger partial charge >= 0.3 is 5.97 Å². The normalized spacial score (nSPS) is 10.1. The minimum absolute atomic E-state index is 0.273. The average Bonchev–Trinajstić information content (AvgIpc) is 2.69. The number of hydrogen-bond donors (Lipinski definition) is 1. The van der Waals surface area contributed by atoms with Crippen LogP contribution in [0.1, 0.15) is 31.1 Å². The van der Waals surface area contributed by atoms with Gasteiger partial charge in [-0.05, 0) is 51.1 Å². The summed E-state index contributed by atoms with van der Waals surface area (Å²) >= 11 is 0. The van der Waals surface area contributed by atoms with E-state index in [-0.39, 0.29) is 5.56 Å². The highest BCUT2D eigenvalue weighted by Gasteiger charge is 2.15. The lowest BCUT2D eigenvalue weighted by Gasteiger charge is -2.13. The molecule has 0 heterocycles. The molecule has 0 saturated heterocycles. The van der Waals surface area contributed by atoms with Gasteiger partial charge in [-0.15, -0.1) is 0 Å². The van der Waals surface area contributed by atoms with Crippen LogP contribution in [0.4, 0.5) is 5.69 Å². The van der Waals surface area contributed by atoms with Gasteiger partial charge in [-0.1, -0.05) is 12.1 Å². The first-order chi connectivity index (χ1) is 13.6. The number of hydrogen-bond acceptors (Lipinski definition) is 6. The third kappa shape index (κ3) is 5.90. The molecule has 1 N–H and O–H groups in total. The summed E-state index contributed by atoms with van der Waals surface area (Å²) in [5, 5.41) is 2.67. The zero-order chi connectivity index (χ0) is 20.4. The lowest BCUT2D eigenvalue weighted by molar-refractivity contribution is -0.119. The summed E-state index contributed by atoms with van der Waals surface area (Å²) in [6.07, 6.45) is 0. The molecule has 0 atom stereocenters. The molecule has 0 aliphatic rings. The Morgan fingerprint density at radius 1 is 0.821 bits per heavy atom. The van der Waals surface area contributed by atoms with Crippen LogP contribution in [-0.2, 0) is 9.53 Å². The molecule has 28 heavy (non-hydrogen) atoms. The monoisotopic (exact) mass is 387 g/mol. The summed E-state index contributed by atoms with van der Waals surface area (Å²) in [4.78, 5) is 24.4. The Morgan fingerprint density at radius 3 is 2.18 bits per heavy atom. The van der Waals surface area contributed by atoms with Gasteiger partial charge in [-0.2, -0.15) is 0 Å². The Kier molecular flexibility index (Phi) is 8.14. The van der Waals surface area contributed by atoms with E-state index >= 15 is 0 Å². The molecule has 150 valence electrons. The number of amides is 1. The number of para-hydroxylation sites is 2. The smallest absolute Gasteiger partial charge is 0.338 e. The van der Waals surface area contributed by atoms with E-state index in [0.717, 1.165) is 0 Å². The summed E-state index contributed by atoms with van der Waals surface area (Å²) < 4.78 is 21.5. The van der Waals surface area contributed by atoms with E-state index in [0.29, 0.717) is 42.8 Å². The predicted octanol–water partition coefficient (Wildman–Crippen LogP) is 3.68. The molecule has 0 radical (unpaired) electrons. The second-order valence-electron chi connectivity index (χ2n) is 5.58. The maximum absolute atomic E-state index is 12.3. The van der Waals surface area contributed by atoms with Crippen LogP contribution in [0, 0.1) is 0 Å². The van der Waals surface area contributed by atoms with E-state index in [4.69, 9.17) is 18.9 Å². The lowest BCUT2D eigenvalue weighted by atomic mass is 10.2. The average molecular weight is 387 g/mol. The van der Waals surface area contributed by atoms with Crippen LogP contribution in [0.15, 0.2) is 42.5 Å². The molecule has 0 aliphatic carbocycles. The second kappa shape index (κ2) is 10.8. The van der Waals surface area contributed by atoms with Gasteiger partial charge in [0.25, 0.3) is 5.91 Å². The van der Waals surface area contributed by atoms with Gasteiger partial charge in [0, 0.05) is 0 Å². The Morgan fingerprint density at radius 2 is 1.46 bits per heavy atom. The molecule has 2 rings (SSSR count). The molecule has 0 saturated carbocycles. The second-order valence-corrected chi connectivity index (χ2v) is 5.58.